The summed E-state index contributed by atoms with van der Waals surface area (Å²) in [5.74, 6) is -0.552. The summed E-state index contributed by atoms with van der Waals surface area (Å²) in [7, 11) is 0. The van der Waals surface area contributed by atoms with Gasteiger partial charge < -0.3 is 15.5 Å². The molecule has 1 atom stereocenters. The summed E-state index contributed by atoms with van der Waals surface area (Å²) in [4.78, 5) is 18.1. The van der Waals surface area contributed by atoms with Crippen LogP contribution in [0.15, 0.2) is 12.4 Å². The molecular formula is C10H15N3O3. The van der Waals surface area contributed by atoms with Crippen LogP contribution in [0.1, 0.15) is 30.3 Å². The zero-order valence-corrected chi connectivity index (χ0v) is 9.05. The molecule has 6 nitrogen and oxygen atoms in total. The lowest BCUT2D eigenvalue weighted by molar-refractivity contribution is 0.0690. The number of nitrogens with zero attached hydrogens (tertiary/aromatic N) is 2. The van der Waals surface area contributed by atoms with E-state index in [-0.39, 0.29) is 11.8 Å². The molecule has 88 valence electrons. The van der Waals surface area contributed by atoms with Gasteiger partial charge in [-0.05, 0) is 19.8 Å². The van der Waals surface area contributed by atoms with Gasteiger partial charge in [-0.1, -0.05) is 0 Å². The number of rotatable bonds is 6. The fraction of sp³-hybridized carbons (Fsp3) is 0.500. The van der Waals surface area contributed by atoms with Crippen LogP contribution >= 0.6 is 0 Å². The van der Waals surface area contributed by atoms with Gasteiger partial charge in [0.15, 0.2) is 5.69 Å². The summed E-state index contributed by atoms with van der Waals surface area (Å²) in [5, 5.41) is 20.6. The first-order chi connectivity index (χ1) is 7.59. The molecule has 1 unspecified atom stereocenters. The standard InChI is InChI=1S/C10H15N3O3/c1-7(14)3-2-4-11-9-6-12-8(5-13-9)10(15)16/h5-7,14H,2-4H2,1H3,(H,11,13)(H,15,16). The van der Waals surface area contributed by atoms with E-state index < -0.39 is 5.97 Å². The van der Waals surface area contributed by atoms with Gasteiger partial charge in [0.2, 0.25) is 0 Å². The highest BCUT2D eigenvalue weighted by Crippen LogP contribution is 2.02. The lowest BCUT2D eigenvalue weighted by atomic mass is 10.2. The van der Waals surface area contributed by atoms with Crippen LogP contribution in [0.25, 0.3) is 0 Å². The first kappa shape index (κ1) is 12.4. The SMILES string of the molecule is CC(O)CCCNc1cnc(C(=O)O)cn1. The normalized spacial score (nSPS) is 12.1. The van der Waals surface area contributed by atoms with Crippen molar-refractivity contribution in [3.63, 3.8) is 0 Å². The molecule has 0 saturated heterocycles. The number of hydrogen-bond donors (Lipinski definition) is 3. The van der Waals surface area contributed by atoms with Crippen molar-refractivity contribution in [2.24, 2.45) is 0 Å². The Labute approximate surface area is 93.4 Å². The van der Waals surface area contributed by atoms with Gasteiger partial charge in [-0.15, -0.1) is 0 Å². The van der Waals surface area contributed by atoms with Crippen LogP contribution in [0.4, 0.5) is 5.82 Å². The average molecular weight is 225 g/mol. The second kappa shape index (κ2) is 6.02. The molecule has 0 aliphatic rings. The van der Waals surface area contributed by atoms with E-state index in [9.17, 15) is 4.79 Å². The molecule has 0 spiro atoms. The predicted molar refractivity (Wildman–Crippen MR) is 58.4 cm³/mol. The quantitative estimate of drug-likeness (QED) is 0.618. The Kier molecular flexibility index (Phi) is 4.65. The second-order valence-electron chi connectivity index (χ2n) is 3.51. The van der Waals surface area contributed by atoms with Crippen LogP contribution in [0.2, 0.25) is 0 Å². The molecule has 0 bridgehead atoms. The highest BCUT2D eigenvalue weighted by atomic mass is 16.4. The first-order valence-corrected chi connectivity index (χ1v) is 5.07. The minimum absolute atomic E-state index is 0.0745. The van der Waals surface area contributed by atoms with Gasteiger partial charge in [-0.2, -0.15) is 0 Å². The number of carboxylic acid groups (broad SMARTS) is 1. The fourth-order valence-electron chi connectivity index (χ4n) is 1.14. The number of aliphatic hydroxyl groups is 1. The smallest absolute Gasteiger partial charge is 0.356 e. The van der Waals surface area contributed by atoms with Gasteiger partial charge in [0, 0.05) is 6.54 Å². The summed E-state index contributed by atoms with van der Waals surface area (Å²) in [6, 6.07) is 0. The number of aromatic nitrogens is 2. The maximum Gasteiger partial charge on any atom is 0.356 e. The van der Waals surface area contributed by atoms with Gasteiger partial charge in [0.05, 0.1) is 18.5 Å². The Morgan fingerprint density at radius 3 is 2.75 bits per heavy atom. The molecule has 0 aromatic carbocycles. The molecule has 1 heterocycles. The lowest BCUT2D eigenvalue weighted by Crippen LogP contribution is -2.09. The van der Waals surface area contributed by atoms with Gasteiger partial charge in [-0.25, -0.2) is 14.8 Å². The molecule has 0 aliphatic carbocycles. The molecular weight excluding hydrogens is 210 g/mol. The minimum Gasteiger partial charge on any atom is -0.476 e. The van der Waals surface area contributed by atoms with Crippen molar-refractivity contribution in [1.29, 1.82) is 0 Å². The van der Waals surface area contributed by atoms with E-state index >= 15 is 0 Å². The number of hydrogen-bond acceptors (Lipinski definition) is 5. The van der Waals surface area contributed by atoms with Crippen LogP contribution in [-0.2, 0) is 0 Å². The van der Waals surface area contributed by atoms with E-state index in [1.54, 1.807) is 6.92 Å². The molecule has 3 N–H and O–H groups in total. The van der Waals surface area contributed by atoms with E-state index in [1.807, 2.05) is 0 Å². The van der Waals surface area contributed by atoms with Crippen molar-refractivity contribution >= 4 is 11.8 Å². The second-order valence-corrected chi connectivity index (χ2v) is 3.51. The third kappa shape index (κ3) is 4.22. The molecule has 1 aromatic rings. The van der Waals surface area contributed by atoms with Crippen molar-refractivity contribution in [3.8, 4) is 0 Å². The van der Waals surface area contributed by atoms with Gasteiger partial charge in [0.25, 0.3) is 0 Å². The molecule has 1 rings (SSSR count). The van der Waals surface area contributed by atoms with Gasteiger partial charge in [0.1, 0.15) is 5.82 Å². The average Bonchev–Trinajstić information content (AvgIpc) is 2.25. The minimum atomic E-state index is -1.09. The van der Waals surface area contributed by atoms with Gasteiger partial charge in [-0.3, -0.25) is 0 Å². The summed E-state index contributed by atoms with van der Waals surface area (Å²) >= 11 is 0. The molecule has 0 saturated carbocycles. The Bertz CT molecular complexity index is 338. The third-order valence-electron chi connectivity index (χ3n) is 1.98. The Hall–Kier alpha value is -1.69. The highest BCUT2D eigenvalue weighted by Gasteiger charge is 2.04. The monoisotopic (exact) mass is 225 g/mol. The van der Waals surface area contributed by atoms with Crippen molar-refractivity contribution in [2.75, 3.05) is 11.9 Å². The zero-order valence-electron chi connectivity index (χ0n) is 9.05. The van der Waals surface area contributed by atoms with E-state index in [1.165, 1.54) is 12.4 Å². The first-order valence-electron chi connectivity index (χ1n) is 5.07. The van der Waals surface area contributed by atoms with Gasteiger partial charge >= 0.3 is 5.97 Å². The third-order valence-corrected chi connectivity index (χ3v) is 1.98. The maximum atomic E-state index is 10.5. The van der Waals surface area contributed by atoms with E-state index in [0.717, 1.165) is 6.42 Å². The predicted octanol–water partition coefficient (Wildman–Crippen LogP) is 0.748. The van der Waals surface area contributed by atoms with Crippen LogP contribution in [0, 0.1) is 0 Å². The fourth-order valence-corrected chi connectivity index (χ4v) is 1.14. The highest BCUT2D eigenvalue weighted by molar-refractivity contribution is 5.84. The largest absolute Gasteiger partial charge is 0.476 e. The summed E-state index contributed by atoms with van der Waals surface area (Å²) in [5.41, 5.74) is -0.0745. The zero-order chi connectivity index (χ0) is 12.0. The summed E-state index contributed by atoms with van der Waals surface area (Å²) in [6.45, 7) is 2.41. The number of aromatic carboxylic acids is 1. The number of carboxylic acids is 1. The van der Waals surface area contributed by atoms with E-state index in [4.69, 9.17) is 10.2 Å². The number of aliphatic hydroxyl groups excluding tert-OH is 1. The van der Waals surface area contributed by atoms with Crippen LogP contribution < -0.4 is 5.32 Å². The topological polar surface area (TPSA) is 95.3 Å². The van der Waals surface area contributed by atoms with Crippen LogP contribution in [0.5, 0.6) is 0 Å². The van der Waals surface area contributed by atoms with Crippen LogP contribution in [0.3, 0.4) is 0 Å². The Balaban J connectivity index is 2.35. The summed E-state index contributed by atoms with van der Waals surface area (Å²) in [6.07, 6.45) is 3.82. The number of nitrogens with one attached hydrogen (secondary N) is 1. The maximum absolute atomic E-state index is 10.5. The van der Waals surface area contributed by atoms with E-state index in [2.05, 4.69) is 15.3 Å². The number of anilines is 1. The van der Waals surface area contributed by atoms with Crippen molar-refractivity contribution in [2.45, 2.75) is 25.9 Å². The molecule has 0 amide bonds. The molecule has 0 aliphatic heterocycles. The molecule has 0 radical (unpaired) electrons. The molecule has 16 heavy (non-hydrogen) atoms. The van der Waals surface area contributed by atoms with Crippen molar-refractivity contribution < 1.29 is 15.0 Å². The lowest BCUT2D eigenvalue weighted by Gasteiger charge is -2.06. The van der Waals surface area contributed by atoms with Crippen LogP contribution in [-0.4, -0.2) is 38.8 Å². The molecule has 6 heteroatoms. The van der Waals surface area contributed by atoms with Crippen molar-refractivity contribution in [3.05, 3.63) is 18.1 Å². The Morgan fingerprint density at radius 1 is 1.50 bits per heavy atom. The molecule has 0 fully saturated rings. The summed E-state index contributed by atoms with van der Waals surface area (Å²) < 4.78 is 0. The molecule has 1 aromatic heterocycles. The Morgan fingerprint density at radius 2 is 2.25 bits per heavy atom. The number of carbonyl (C=O) groups is 1. The van der Waals surface area contributed by atoms with E-state index in [0.29, 0.717) is 18.8 Å². The van der Waals surface area contributed by atoms with Crippen molar-refractivity contribution in [1.82, 2.24) is 9.97 Å².